The van der Waals surface area contributed by atoms with Crippen molar-refractivity contribution >= 4 is 22.4 Å². The lowest BCUT2D eigenvalue weighted by molar-refractivity contribution is -0.117. The minimum absolute atomic E-state index is 0.0240. The number of ether oxygens (including phenoxy) is 1. The van der Waals surface area contributed by atoms with Crippen molar-refractivity contribution < 1.29 is 9.53 Å². The normalized spacial score (nSPS) is 10.7. The molecule has 0 aliphatic carbocycles. The maximum atomic E-state index is 12.0. The van der Waals surface area contributed by atoms with Crippen molar-refractivity contribution in [3.63, 3.8) is 0 Å². The number of hydrogen-bond acceptors (Lipinski definition) is 7. The zero-order valence-corrected chi connectivity index (χ0v) is 15.5. The molecule has 3 rings (SSSR count). The maximum absolute atomic E-state index is 12.0. The van der Waals surface area contributed by atoms with Crippen LogP contribution in [0, 0.1) is 6.92 Å². The Balaban J connectivity index is 1.57. The van der Waals surface area contributed by atoms with Gasteiger partial charge in [-0.1, -0.05) is 13.3 Å². The summed E-state index contributed by atoms with van der Waals surface area (Å²) in [7, 11) is 0. The van der Waals surface area contributed by atoms with E-state index in [-0.39, 0.29) is 12.5 Å². The van der Waals surface area contributed by atoms with Gasteiger partial charge in [-0.15, -0.1) is 21.5 Å². The van der Waals surface area contributed by atoms with Gasteiger partial charge in [0, 0.05) is 16.6 Å². The Bertz CT molecular complexity index is 858. The van der Waals surface area contributed by atoms with Gasteiger partial charge >= 0.3 is 0 Å². The predicted octanol–water partition coefficient (Wildman–Crippen LogP) is 2.92. The smallest absolute Gasteiger partial charge is 0.249 e. The standard InChI is InChI=1S/C17H20N6O2S/c1-3-4-9-25-14-7-5-13(6-8-14)16-20-22-23(21-16)11-15(24)19-17-18-10-12(2)26-17/h5-8,10H,3-4,9,11H2,1-2H3,(H,18,19,24). The molecule has 26 heavy (non-hydrogen) atoms. The summed E-state index contributed by atoms with van der Waals surface area (Å²) in [6.45, 7) is 4.74. The van der Waals surface area contributed by atoms with E-state index in [9.17, 15) is 4.79 Å². The number of tetrazole rings is 1. The average molecular weight is 372 g/mol. The van der Waals surface area contributed by atoms with Crippen LogP contribution in [0.2, 0.25) is 0 Å². The van der Waals surface area contributed by atoms with Crippen LogP contribution in [0.5, 0.6) is 5.75 Å². The zero-order chi connectivity index (χ0) is 18.4. The number of aryl methyl sites for hydroxylation is 1. The number of carbonyl (C=O) groups excluding carboxylic acids is 1. The third-order valence-electron chi connectivity index (χ3n) is 3.48. The molecule has 136 valence electrons. The number of rotatable bonds is 8. The SMILES string of the molecule is CCCCOc1ccc(-c2nnn(CC(=O)Nc3ncc(C)s3)n2)cc1. The van der Waals surface area contributed by atoms with E-state index in [1.54, 1.807) is 6.20 Å². The van der Waals surface area contributed by atoms with E-state index < -0.39 is 0 Å². The van der Waals surface area contributed by atoms with Crippen LogP contribution in [0.3, 0.4) is 0 Å². The van der Waals surface area contributed by atoms with Gasteiger partial charge in [-0.25, -0.2) is 4.98 Å². The summed E-state index contributed by atoms with van der Waals surface area (Å²) >= 11 is 1.42. The molecule has 8 nitrogen and oxygen atoms in total. The van der Waals surface area contributed by atoms with Gasteiger partial charge in [-0.2, -0.15) is 4.80 Å². The highest BCUT2D eigenvalue weighted by molar-refractivity contribution is 7.15. The van der Waals surface area contributed by atoms with Crippen LogP contribution in [0.15, 0.2) is 30.5 Å². The van der Waals surface area contributed by atoms with Crippen molar-refractivity contribution in [3.8, 4) is 17.1 Å². The fraction of sp³-hybridized carbons (Fsp3) is 0.353. The Morgan fingerprint density at radius 1 is 1.31 bits per heavy atom. The molecule has 0 atom stereocenters. The first-order chi connectivity index (χ1) is 12.6. The monoisotopic (exact) mass is 372 g/mol. The van der Waals surface area contributed by atoms with Crippen LogP contribution in [0.4, 0.5) is 5.13 Å². The maximum Gasteiger partial charge on any atom is 0.249 e. The van der Waals surface area contributed by atoms with Crippen molar-refractivity contribution in [3.05, 3.63) is 35.3 Å². The third-order valence-corrected chi connectivity index (χ3v) is 4.31. The molecule has 0 saturated carbocycles. The second-order valence-electron chi connectivity index (χ2n) is 5.69. The number of hydrogen-bond donors (Lipinski definition) is 1. The van der Waals surface area contributed by atoms with E-state index in [1.165, 1.54) is 16.1 Å². The summed E-state index contributed by atoms with van der Waals surface area (Å²) in [5.41, 5.74) is 0.815. The number of nitrogens with one attached hydrogen (secondary N) is 1. The molecule has 1 N–H and O–H groups in total. The number of unbranched alkanes of at least 4 members (excludes halogenated alkanes) is 1. The van der Waals surface area contributed by atoms with Gasteiger partial charge in [0.25, 0.3) is 0 Å². The first kappa shape index (κ1) is 18.0. The van der Waals surface area contributed by atoms with Gasteiger partial charge in [0.15, 0.2) is 5.13 Å². The first-order valence-electron chi connectivity index (χ1n) is 8.37. The summed E-state index contributed by atoms with van der Waals surface area (Å²) in [6.07, 6.45) is 3.84. The number of aromatic nitrogens is 5. The van der Waals surface area contributed by atoms with Crippen LogP contribution in [-0.4, -0.2) is 37.7 Å². The third kappa shape index (κ3) is 4.85. The van der Waals surface area contributed by atoms with Crippen molar-refractivity contribution in [2.75, 3.05) is 11.9 Å². The highest BCUT2D eigenvalue weighted by Gasteiger charge is 2.11. The summed E-state index contributed by atoms with van der Waals surface area (Å²) < 4.78 is 5.63. The number of nitrogens with zero attached hydrogens (tertiary/aromatic N) is 5. The quantitative estimate of drug-likeness (QED) is 0.611. The molecule has 0 spiro atoms. The van der Waals surface area contributed by atoms with E-state index in [4.69, 9.17) is 4.74 Å². The van der Waals surface area contributed by atoms with E-state index >= 15 is 0 Å². The topological polar surface area (TPSA) is 94.8 Å². The van der Waals surface area contributed by atoms with Crippen molar-refractivity contribution in [2.45, 2.75) is 33.2 Å². The Morgan fingerprint density at radius 2 is 2.12 bits per heavy atom. The van der Waals surface area contributed by atoms with Crippen molar-refractivity contribution in [2.24, 2.45) is 0 Å². The molecule has 3 aromatic rings. The zero-order valence-electron chi connectivity index (χ0n) is 14.7. The summed E-state index contributed by atoms with van der Waals surface area (Å²) in [5.74, 6) is 1.03. The second kappa shape index (κ2) is 8.52. The van der Waals surface area contributed by atoms with Gasteiger partial charge < -0.3 is 10.1 Å². The number of amides is 1. The van der Waals surface area contributed by atoms with Crippen molar-refractivity contribution in [1.29, 1.82) is 0 Å². The molecule has 0 fully saturated rings. The molecule has 0 bridgehead atoms. The van der Waals surface area contributed by atoms with Gasteiger partial charge in [0.2, 0.25) is 11.7 Å². The molecule has 2 aromatic heterocycles. The average Bonchev–Trinajstić information content (AvgIpc) is 3.25. The van der Waals surface area contributed by atoms with E-state index in [2.05, 4.69) is 32.6 Å². The molecule has 9 heteroatoms. The molecule has 0 aliphatic rings. The summed E-state index contributed by atoms with van der Waals surface area (Å²) in [5, 5.41) is 15.5. The highest BCUT2D eigenvalue weighted by Crippen LogP contribution is 2.19. The summed E-state index contributed by atoms with van der Waals surface area (Å²) in [6, 6.07) is 7.51. The number of thiazole rings is 1. The molecular weight excluding hydrogens is 352 g/mol. The Kier molecular flexibility index (Phi) is 5.90. The largest absolute Gasteiger partial charge is 0.494 e. The molecule has 0 radical (unpaired) electrons. The minimum atomic E-state index is -0.247. The van der Waals surface area contributed by atoms with Crippen LogP contribution >= 0.6 is 11.3 Å². The molecule has 1 aromatic carbocycles. The lowest BCUT2D eigenvalue weighted by atomic mass is 10.2. The van der Waals surface area contributed by atoms with E-state index in [0.29, 0.717) is 17.6 Å². The first-order valence-corrected chi connectivity index (χ1v) is 9.19. The molecule has 0 unspecified atom stereocenters. The van der Waals surface area contributed by atoms with Crippen LogP contribution in [0.25, 0.3) is 11.4 Å². The fourth-order valence-electron chi connectivity index (χ4n) is 2.16. The Hall–Kier alpha value is -2.81. The van der Waals surface area contributed by atoms with Crippen LogP contribution < -0.4 is 10.1 Å². The van der Waals surface area contributed by atoms with Gasteiger partial charge in [0.05, 0.1) is 6.61 Å². The molecule has 0 aliphatic heterocycles. The number of anilines is 1. The van der Waals surface area contributed by atoms with E-state index in [1.807, 2.05) is 31.2 Å². The Labute approximate surface area is 155 Å². The van der Waals surface area contributed by atoms with Gasteiger partial charge in [-0.05, 0) is 42.8 Å². The number of carbonyl (C=O) groups is 1. The Morgan fingerprint density at radius 3 is 2.81 bits per heavy atom. The lowest BCUT2D eigenvalue weighted by Crippen LogP contribution is -2.20. The lowest BCUT2D eigenvalue weighted by Gasteiger charge is -2.05. The molecule has 2 heterocycles. The van der Waals surface area contributed by atoms with Crippen LogP contribution in [-0.2, 0) is 11.3 Å². The number of benzene rings is 1. The van der Waals surface area contributed by atoms with Gasteiger partial charge in [0.1, 0.15) is 12.3 Å². The predicted molar refractivity (Wildman–Crippen MR) is 99.1 cm³/mol. The van der Waals surface area contributed by atoms with Crippen LogP contribution in [0.1, 0.15) is 24.6 Å². The van der Waals surface area contributed by atoms with E-state index in [0.717, 1.165) is 29.0 Å². The molecule has 0 saturated heterocycles. The molecular formula is C17H20N6O2S. The van der Waals surface area contributed by atoms with Gasteiger partial charge in [-0.3, -0.25) is 4.79 Å². The second-order valence-corrected chi connectivity index (χ2v) is 6.93. The summed E-state index contributed by atoms with van der Waals surface area (Å²) in [4.78, 5) is 18.4. The minimum Gasteiger partial charge on any atom is -0.494 e. The molecule has 1 amide bonds. The fourth-order valence-corrected chi connectivity index (χ4v) is 2.84. The highest BCUT2D eigenvalue weighted by atomic mass is 32.1. The van der Waals surface area contributed by atoms with Crippen molar-refractivity contribution in [1.82, 2.24) is 25.2 Å².